The molecule has 4 rings (SSSR count). The van der Waals surface area contributed by atoms with Crippen LogP contribution in [0, 0.1) is 11.8 Å². The summed E-state index contributed by atoms with van der Waals surface area (Å²) in [6, 6.07) is -3.65. The molecule has 1 aromatic carbocycles. The summed E-state index contributed by atoms with van der Waals surface area (Å²) in [4.78, 5) is 185. The molecule has 1 aliphatic rings. The number of nitrogens with one attached hydrogen (secondary N) is 15. The van der Waals surface area contributed by atoms with Gasteiger partial charge in [-0.2, -0.15) is 11.8 Å². The third-order valence-corrected chi connectivity index (χ3v) is 15.1. The van der Waals surface area contributed by atoms with Crippen LogP contribution in [-0.4, -0.2) is 234 Å². The maximum atomic E-state index is 14.3. The van der Waals surface area contributed by atoms with Crippen LogP contribution in [0.2, 0.25) is 0 Å². The van der Waals surface area contributed by atoms with E-state index in [1.54, 1.807) is 44.3 Å². The second-order valence-corrected chi connectivity index (χ2v) is 23.8. The summed E-state index contributed by atoms with van der Waals surface area (Å²) >= 11 is 1.45. The molecule has 0 unspecified atom stereocenters. The summed E-state index contributed by atoms with van der Waals surface area (Å²) in [6.45, 7) is 9.40. The van der Waals surface area contributed by atoms with Crippen LogP contribution in [0.25, 0.3) is 10.9 Å². The quantitative estimate of drug-likeness (QED) is 0.0254. The molecule has 3 heterocycles. The summed E-state index contributed by atoms with van der Waals surface area (Å²) in [5.74, 6) is -10.8. The monoisotopic (exact) mass is 1310 g/mol. The molecule has 508 valence electrons. The van der Waals surface area contributed by atoms with Gasteiger partial charge in [0.2, 0.25) is 76.8 Å². The van der Waals surface area contributed by atoms with E-state index in [0.29, 0.717) is 54.1 Å². The van der Waals surface area contributed by atoms with Crippen LogP contribution in [0.5, 0.6) is 0 Å². The van der Waals surface area contributed by atoms with Crippen molar-refractivity contribution in [2.75, 3.05) is 84.1 Å². The van der Waals surface area contributed by atoms with E-state index in [0.717, 1.165) is 13.1 Å². The van der Waals surface area contributed by atoms with Crippen molar-refractivity contribution in [1.82, 2.24) is 89.0 Å². The molecule has 13 amide bonds. The average Bonchev–Trinajstić information content (AvgIpc) is 1.78. The highest BCUT2D eigenvalue weighted by atomic mass is 32.2. The number of nitrogens with two attached hydrogens (primary N) is 2. The Hall–Kier alpha value is -8.73. The Morgan fingerprint density at radius 1 is 0.598 bits per heavy atom. The molecule has 0 aliphatic carbocycles. The highest BCUT2D eigenvalue weighted by Crippen LogP contribution is 2.20. The number of thioether (sulfide) groups is 1. The van der Waals surface area contributed by atoms with Gasteiger partial charge in [0.25, 0.3) is 0 Å². The average molecular weight is 1310 g/mol. The van der Waals surface area contributed by atoms with Gasteiger partial charge in [0.1, 0.15) is 48.3 Å². The summed E-state index contributed by atoms with van der Waals surface area (Å²) in [5, 5.41) is 44.6. The number of rotatable bonds is 38. The molecular formula is C58H91N19O14S. The number of para-hydroxylation sites is 1. The number of nitrogens with zero attached hydrogens (tertiary/aromatic N) is 2. The van der Waals surface area contributed by atoms with Crippen molar-refractivity contribution in [3.05, 3.63) is 54.2 Å². The van der Waals surface area contributed by atoms with Crippen LogP contribution in [0.15, 0.2) is 43.0 Å². The first-order valence-corrected chi connectivity index (χ1v) is 31.7. The van der Waals surface area contributed by atoms with Gasteiger partial charge in [-0.1, -0.05) is 45.9 Å². The van der Waals surface area contributed by atoms with E-state index in [2.05, 4.69) is 84.1 Å². The number of carbonyl (C=O) groups excluding carboxylic acids is 13. The van der Waals surface area contributed by atoms with Crippen LogP contribution in [0.4, 0.5) is 0 Å². The Labute approximate surface area is 537 Å². The number of amides is 13. The Bertz CT molecular complexity index is 2970. The fraction of sp³-hybridized carbons (Fsp3) is 0.586. The Balaban J connectivity index is 1.40. The minimum atomic E-state index is -1.56. The number of H-pyrrole nitrogens is 2. The number of aliphatic hydroxyl groups excluding tert-OH is 1. The number of fused-ring (bicyclic) bond motifs is 1. The molecule has 1 aliphatic heterocycles. The second-order valence-electron chi connectivity index (χ2n) is 22.8. The molecule has 0 bridgehead atoms. The van der Waals surface area contributed by atoms with Gasteiger partial charge in [0, 0.05) is 87.5 Å². The molecule has 0 radical (unpaired) electrons. The number of benzene rings is 1. The minimum Gasteiger partial charge on any atom is -0.394 e. The van der Waals surface area contributed by atoms with Crippen LogP contribution in [0.1, 0.15) is 71.6 Å². The highest BCUT2D eigenvalue weighted by molar-refractivity contribution is 7.98. The van der Waals surface area contributed by atoms with Crippen molar-refractivity contribution in [3.63, 3.8) is 0 Å². The lowest BCUT2D eigenvalue weighted by Gasteiger charge is -2.26. The predicted molar refractivity (Wildman–Crippen MR) is 339 cm³/mol. The molecule has 2 aromatic heterocycles. The van der Waals surface area contributed by atoms with E-state index in [1.165, 1.54) is 31.2 Å². The fourth-order valence-electron chi connectivity index (χ4n) is 9.45. The van der Waals surface area contributed by atoms with Crippen molar-refractivity contribution in [1.29, 1.82) is 0 Å². The molecule has 0 spiro atoms. The summed E-state index contributed by atoms with van der Waals surface area (Å²) in [5.41, 5.74) is 12.6. The normalized spacial score (nSPS) is 15.4. The van der Waals surface area contributed by atoms with E-state index in [9.17, 15) is 67.4 Å². The number of aromatic amines is 2. The zero-order chi connectivity index (χ0) is 67.9. The number of aliphatic hydroxyl groups is 1. The van der Waals surface area contributed by atoms with Gasteiger partial charge in [-0.15, -0.1) is 0 Å². The summed E-state index contributed by atoms with van der Waals surface area (Å²) in [6.07, 6.45) is 5.54. The van der Waals surface area contributed by atoms with Gasteiger partial charge in [-0.05, 0) is 61.7 Å². The van der Waals surface area contributed by atoms with Crippen LogP contribution in [0.3, 0.4) is 0 Å². The van der Waals surface area contributed by atoms with Crippen molar-refractivity contribution in [2.45, 2.75) is 121 Å². The first-order valence-electron chi connectivity index (χ1n) is 30.3. The number of hydrogen-bond donors (Lipinski definition) is 18. The molecule has 3 aromatic rings. The van der Waals surface area contributed by atoms with Crippen LogP contribution in [-0.2, 0) is 75.2 Å². The molecule has 20 N–H and O–H groups in total. The van der Waals surface area contributed by atoms with E-state index in [4.69, 9.17) is 11.5 Å². The number of imidazole rings is 1. The zero-order valence-electron chi connectivity index (χ0n) is 52.8. The van der Waals surface area contributed by atoms with Gasteiger partial charge in [0.05, 0.1) is 39.1 Å². The Morgan fingerprint density at radius 2 is 1.16 bits per heavy atom. The number of aromatic nitrogens is 3. The predicted octanol–water partition coefficient (Wildman–Crippen LogP) is -6.38. The van der Waals surface area contributed by atoms with Gasteiger partial charge >= 0.3 is 0 Å². The molecule has 33 nitrogen and oxygen atoms in total. The van der Waals surface area contributed by atoms with Crippen molar-refractivity contribution in [2.24, 2.45) is 23.3 Å². The highest BCUT2D eigenvalue weighted by Gasteiger charge is 2.34. The Kier molecular flexibility index (Phi) is 32.5. The van der Waals surface area contributed by atoms with Crippen molar-refractivity contribution < 1.29 is 67.4 Å². The van der Waals surface area contributed by atoms with E-state index >= 15 is 0 Å². The molecular weight excluding hydrogens is 1220 g/mol. The third-order valence-electron chi connectivity index (χ3n) is 14.5. The van der Waals surface area contributed by atoms with E-state index < -0.39 is 164 Å². The Morgan fingerprint density at radius 3 is 1.76 bits per heavy atom. The van der Waals surface area contributed by atoms with Crippen molar-refractivity contribution in [3.8, 4) is 0 Å². The maximum Gasteiger partial charge on any atom is 0.245 e. The van der Waals surface area contributed by atoms with E-state index in [1.807, 2.05) is 25.0 Å². The first kappa shape index (κ1) is 75.7. The smallest absolute Gasteiger partial charge is 0.245 e. The largest absolute Gasteiger partial charge is 0.394 e. The summed E-state index contributed by atoms with van der Waals surface area (Å²) < 4.78 is 0. The number of primary amides is 2. The molecule has 92 heavy (non-hydrogen) atoms. The molecule has 1 saturated heterocycles. The molecule has 1 fully saturated rings. The summed E-state index contributed by atoms with van der Waals surface area (Å²) in [7, 11) is 0. The van der Waals surface area contributed by atoms with Crippen LogP contribution < -0.4 is 80.6 Å². The molecule has 8 atom stereocenters. The van der Waals surface area contributed by atoms with Crippen LogP contribution >= 0.6 is 11.8 Å². The standard InChI is InChI=1S/C58H91N19O14S/c1-32(2)21-41(56(89)73-39(51(60)84)13-20-92-6)74-57(90)43(23-36-25-63-31-68-36)71-48(82)28-67-58(91)50(33(3)4)76-52(85)34(5)69-55(88)42(22-35-24-64-38-10-8-7-9-37(35)38)75-54(87)40(11-12-45(59)79)70-47(81)27-66-53(86)44(30-78)72-46(80)26-65-49(83)29-77-18-16-61-14-15-62-17-19-77/h7-10,24-25,31-34,39-44,50,61-62,64,78H,11-23,26-30H2,1-6H3,(H2,59,79)(H2,60,84)(H,63,68)(H,65,83)(H,66,86)(H,67,91)(H,69,88)(H,70,81)(H,71,82)(H,72,80)(H,73,89)(H,74,90)(H,75,87)(H,76,85)/t34-,39-,40-,41-,42-,43-,44-,50-/m0/s1. The fourth-order valence-corrected chi connectivity index (χ4v) is 9.92. The first-order chi connectivity index (χ1) is 43.8. The molecule has 34 heteroatoms. The van der Waals surface area contributed by atoms with Gasteiger partial charge in [-0.25, -0.2) is 4.98 Å². The lowest BCUT2D eigenvalue weighted by atomic mass is 10.0. The SMILES string of the molecule is CSCC[C@H](NC(=O)[C@H](CC(C)C)NC(=O)[C@H](Cc1cnc[nH]1)NC(=O)CNC(=O)[C@@H](NC(=O)[C@H](C)NC(=O)[C@H](Cc1c[nH]c2ccccc12)NC(=O)[C@H](CCC(N)=O)NC(=O)CNC(=O)[C@H](CO)NC(=O)CNC(=O)CN1CCNCCNCC1)C(C)C)C(N)=O. The molecule has 0 saturated carbocycles. The number of carbonyl (C=O) groups is 13. The second kappa shape index (κ2) is 39.5. The maximum absolute atomic E-state index is 14.3. The van der Waals surface area contributed by atoms with Gasteiger partial charge in [-0.3, -0.25) is 67.2 Å². The van der Waals surface area contributed by atoms with Gasteiger partial charge < -0.3 is 95.7 Å². The third kappa shape index (κ3) is 27.0. The topological polar surface area (TPSA) is 498 Å². The van der Waals surface area contributed by atoms with Crippen molar-refractivity contribution >= 4 is 99.5 Å². The van der Waals surface area contributed by atoms with E-state index in [-0.39, 0.29) is 44.6 Å². The zero-order valence-corrected chi connectivity index (χ0v) is 53.6. The van der Waals surface area contributed by atoms with Gasteiger partial charge in [0.15, 0.2) is 0 Å². The number of hydrogen-bond acceptors (Lipinski definition) is 19. The lowest BCUT2D eigenvalue weighted by molar-refractivity contribution is -0.135. The minimum absolute atomic E-state index is 0.0134. The lowest BCUT2D eigenvalue weighted by Crippen LogP contribution is -2.59.